The summed E-state index contributed by atoms with van der Waals surface area (Å²) in [5, 5.41) is 21.7. The second kappa shape index (κ2) is 8.68. The maximum absolute atomic E-state index is 11.1. The number of aryl methyl sites for hydroxylation is 1. The monoisotopic (exact) mass is 407 g/mol. The number of hydrogen-bond acceptors (Lipinski definition) is 6. The second-order valence-corrected chi connectivity index (χ2v) is 8.13. The number of aliphatic hydroxyl groups is 2. The molecular formula is C24H29N3O3. The van der Waals surface area contributed by atoms with Gasteiger partial charge >= 0.3 is 0 Å². The highest BCUT2D eigenvalue weighted by atomic mass is 16.5. The Balaban J connectivity index is 1.32. The lowest BCUT2D eigenvalue weighted by atomic mass is 9.88. The summed E-state index contributed by atoms with van der Waals surface area (Å²) >= 11 is 0. The fraction of sp³-hybridized carbons (Fsp3) is 0.417. The van der Waals surface area contributed by atoms with Crippen LogP contribution in [0.25, 0.3) is 11.0 Å². The van der Waals surface area contributed by atoms with Crippen LogP contribution in [0.5, 0.6) is 5.75 Å². The van der Waals surface area contributed by atoms with Crippen LogP contribution in [0.3, 0.4) is 0 Å². The molecule has 1 unspecified atom stereocenters. The largest absolute Gasteiger partial charge is 0.493 e. The van der Waals surface area contributed by atoms with Gasteiger partial charge in [0.1, 0.15) is 17.6 Å². The molecule has 0 saturated carbocycles. The van der Waals surface area contributed by atoms with Crippen molar-refractivity contribution in [3.8, 4) is 5.75 Å². The molecule has 6 heteroatoms. The van der Waals surface area contributed by atoms with Gasteiger partial charge in [0, 0.05) is 19.5 Å². The molecule has 0 aliphatic carbocycles. The Morgan fingerprint density at radius 2 is 1.80 bits per heavy atom. The zero-order valence-electron chi connectivity index (χ0n) is 17.6. The maximum atomic E-state index is 11.1. The number of piperidine rings is 1. The molecule has 2 heterocycles. The van der Waals surface area contributed by atoms with E-state index in [1.54, 1.807) is 6.20 Å². The number of aliphatic hydroxyl groups excluding tert-OH is 1. The molecule has 1 aliphatic rings. The molecule has 30 heavy (non-hydrogen) atoms. The first-order valence-electron chi connectivity index (χ1n) is 10.5. The lowest BCUT2D eigenvalue weighted by Crippen LogP contribution is -2.47. The summed E-state index contributed by atoms with van der Waals surface area (Å²) in [6.45, 7) is 5.74. The first kappa shape index (κ1) is 20.7. The van der Waals surface area contributed by atoms with Crippen molar-refractivity contribution in [1.82, 2.24) is 14.9 Å². The van der Waals surface area contributed by atoms with Gasteiger partial charge in [-0.05, 0) is 56.0 Å². The van der Waals surface area contributed by atoms with Gasteiger partial charge in [0.15, 0.2) is 0 Å². The SMILES string of the molecule is Cc1cccc(OCCC(O)N2CCC(O)(c3cnc4ccccc4n3)CC2)c1C. The Labute approximate surface area is 177 Å². The molecule has 3 aromatic rings. The van der Waals surface area contributed by atoms with Gasteiger partial charge < -0.3 is 14.9 Å². The van der Waals surface area contributed by atoms with Gasteiger partial charge in [-0.2, -0.15) is 0 Å². The number of para-hydroxylation sites is 2. The van der Waals surface area contributed by atoms with E-state index in [4.69, 9.17) is 4.74 Å². The fourth-order valence-corrected chi connectivity index (χ4v) is 3.97. The van der Waals surface area contributed by atoms with E-state index in [9.17, 15) is 10.2 Å². The van der Waals surface area contributed by atoms with E-state index >= 15 is 0 Å². The van der Waals surface area contributed by atoms with Gasteiger partial charge in [-0.15, -0.1) is 0 Å². The van der Waals surface area contributed by atoms with Crippen LogP contribution in [0.1, 0.15) is 36.1 Å². The molecule has 0 amide bonds. The van der Waals surface area contributed by atoms with Gasteiger partial charge in [-0.25, -0.2) is 4.98 Å². The van der Waals surface area contributed by atoms with Gasteiger partial charge in [0.2, 0.25) is 0 Å². The van der Waals surface area contributed by atoms with E-state index in [1.165, 1.54) is 5.56 Å². The molecular weight excluding hydrogens is 378 g/mol. The summed E-state index contributed by atoms with van der Waals surface area (Å²) in [6, 6.07) is 13.7. The van der Waals surface area contributed by atoms with E-state index in [-0.39, 0.29) is 0 Å². The lowest BCUT2D eigenvalue weighted by Gasteiger charge is -2.39. The number of fused-ring (bicyclic) bond motifs is 1. The molecule has 0 radical (unpaired) electrons. The van der Waals surface area contributed by atoms with E-state index in [0.29, 0.717) is 44.7 Å². The minimum atomic E-state index is -1.01. The van der Waals surface area contributed by atoms with E-state index in [0.717, 1.165) is 22.3 Å². The van der Waals surface area contributed by atoms with Gasteiger partial charge in [0.25, 0.3) is 0 Å². The van der Waals surface area contributed by atoms with Crippen LogP contribution in [0.2, 0.25) is 0 Å². The van der Waals surface area contributed by atoms with Crippen molar-refractivity contribution in [2.75, 3.05) is 19.7 Å². The second-order valence-electron chi connectivity index (χ2n) is 8.13. The number of likely N-dealkylation sites (tertiary alicyclic amines) is 1. The van der Waals surface area contributed by atoms with Crippen LogP contribution in [0, 0.1) is 13.8 Å². The molecule has 1 aliphatic heterocycles. The molecule has 0 spiro atoms. The zero-order chi connectivity index (χ0) is 21.1. The molecule has 1 fully saturated rings. The summed E-state index contributed by atoms with van der Waals surface area (Å²) in [5.74, 6) is 0.866. The van der Waals surface area contributed by atoms with Gasteiger partial charge in [0.05, 0.1) is 29.5 Å². The first-order valence-corrected chi connectivity index (χ1v) is 10.5. The lowest BCUT2D eigenvalue weighted by molar-refractivity contribution is -0.0836. The van der Waals surface area contributed by atoms with Crippen LogP contribution < -0.4 is 4.74 Å². The quantitative estimate of drug-likeness (QED) is 0.653. The maximum Gasteiger partial charge on any atom is 0.122 e. The Morgan fingerprint density at radius 3 is 2.57 bits per heavy atom. The third kappa shape index (κ3) is 4.31. The van der Waals surface area contributed by atoms with Crippen molar-refractivity contribution in [1.29, 1.82) is 0 Å². The summed E-state index contributed by atoms with van der Waals surface area (Å²) < 4.78 is 5.88. The summed E-state index contributed by atoms with van der Waals surface area (Å²) in [6.07, 6.45) is 2.61. The average molecular weight is 408 g/mol. The third-order valence-electron chi connectivity index (χ3n) is 6.16. The molecule has 1 atom stereocenters. The molecule has 158 valence electrons. The predicted molar refractivity (Wildman–Crippen MR) is 116 cm³/mol. The van der Waals surface area contributed by atoms with Crippen LogP contribution in [0.4, 0.5) is 0 Å². The van der Waals surface area contributed by atoms with E-state index in [1.807, 2.05) is 48.2 Å². The van der Waals surface area contributed by atoms with Crippen molar-refractivity contribution < 1.29 is 14.9 Å². The van der Waals surface area contributed by atoms with Crippen molar-refractivity contribution >= 4 is 11.0 Å². The summed E-state index contributed by atoms with van der Waals surface area (Å²) in [5.41, 5.74) is 3.53. The Kier molecular flexibility index (Phi) is 5.99. The highest BCUT2D eigenvalue weighted by molar-refractivity contribution is 5.73. The predicted octanol–water partition coefficient (Wildman–Crippen LogP) is 3.32. The number of benzene rings is 2. The fourth-order valence-electron chi connectivity index (χ4n) is 3.97. The van der Waals surface area contributed by atoms with Gasteiger partial charge in [-0.3, -0.25) is 9.88 Å². The van der Waals surface area contributed by atoms with Crippen molar-refractivity contribution in [3.05, 3.63) is 65.5 Å². The Morgan fingerprint density at radius 1 is 1.07 bits per heavy atom. The van der Waals surface area contributed by atoms with E-state index in [2.05, 4.69) is 23.0 Å². The van der Waals surface area contributed by atoms with Gasteiger partial charge in [-0.1, -0.05) is 24.3 Å². The Hall–Kier alpha value is -2.54. The van der Waals surface area contributed by atoms with Crippen molar-refractivity contribution in [2.45, 2.75) is 44.9 Å². The minimum Gasteiger partial charge on any atom is -0.493 e. The van der Waals surface area contributed by atoms with E-state index < -0.39 is 11.8 Å². The van der Waals surface area contributed by atoms with Crippen LogP contribution in [0.15, 0.2) is 48.7 Å². The summed E-state index contributed by atoms with van der Waals surface area (Å²) in [7, 11) is 0. The smallest absolute Gasteiger partial charge is 0.122 e. The molecule has 4 rings (SSSR count). The molecule has 1 saturated heterocycles. The molecule has 6 nitrogen and oxygen atoms in total. The average Bonchev–Trinajstić information content (AvgIpc) is 2.76. The number of rotatable bonds is 6. The van der Waals surface area contributed by atoms with Crippen LogP contribution >= 0.6 is 0 Å². The minimum absolute atomic E-state index is 0.447. The Bertz CT molecular complexity index is 1020. The topological polar surface area (TPSA) is 78.7 Å². The molecule has 2 N–H and O–H groups in total. The van der Waals surface area contributed by atoms with Crippen LogP contribution in [-0.4, -0.2) is 51.0 Å². The molecule has 2 aromatic carbocycles. The highest BCUT2D eigenvalue weighted by Gasteiger charge is 2.37. The molecule has 0 bridgehead atoms. The third-order valence-corrected chi connectivity index (χ3v) is 6.16. The molecule has 1 aromatic heterocycles. The highest BCUT2D eigenvalue weighted by Crippen LogP contribution is 2.32. The number of ether oxygens (including phenoxy) is 1. The first-order chi connectivity index (χ1) is 14.5. The number of aromatic nitrogens is 2. The van der Waals surface area contributed by atoms with Crippen molar-refractivity contribution in [3.63, 3.8) is 0 Å². The zero-order valence-corrected chi connectivity index (χ0v) is 17.6. The number of hydrogen-bond donors (Lipinski definition) is 2. The van der Waals surface area contributed by atoms with Crippen molar-refractivity contribution in [2.24, 2.45) is 0 Å². The normalized spacial score (nSPS) is 17.7. The number of nitrogens with zero attached hydrogens (tertiary/aromatic N) is 3. The standard InChI is InChI=1S/C24H29N3O3/c1-17-6-5-9-21(18(17)2)30-15-10-23(28)27-13-11-24(29,12-14-27)22-16-25-19-7-3-4-8-20(19)26-22/h3-9,16,23,28-29H,10-15H2,1-2H3. The summed E-state index contributed by atoms with van der Waals surface area (Å²) in [4.78, 5) is 11.1. The van der Waals surface area contributed by atoms with Crippen LogP contribution in [-0.2, 0) is 5.60 Å².